The van der Waals surface area contributed by atoms with Gasteiger partial charge >= 0.3 is 0 Å². The number of fused-ring (bicyclic) bond motifs is 2. The van der Waals surface area contributed by atoms with E-state index in [1.165, 1.54) is 0 Å². The zero-order valence-corrected chi connectivity index (χ0v) is 11.6. The summed E-state index contributed by atoms with van der Waals surface area (Å²) in [5, 5.41) is 10.9. The van der Waals surface area contributed by atoms with Crippen LogP contribution in [0.3, 0.4) is 0 Å². The summed E-state index contributed by atoms with van der Waals surface area (Å²) in [7, 11) is 0. The third-order valence-corrected chi connectivity index (χ3v) is 4.81. The van der Waals surface area contributed by atoms with E-state index in [0.717, 1.165) is 25.0 Å². The fourth-order valence-corrected chi connectivity index (χ4v) is 3.70. The van der Waals surface area contributed by atoms with Crippen molar-refractivity contribution in [3.05, 3.63) is 18.2 Å². The first-order valence-corrected chi connectivity index (χ1v) is 7.14. The van der Waals surface area contributed by atoms with Gasteiger partial charge in [0.25, 0.3) is 0 Å². The molecule has 1 aromatic heterocycles. The molecule has 19 heavy (non-hydrogen) atoms. The van der Waals surface area contributed by atoms with Gasteiger partial charge in [0.2, 0.25) is 0 Å². The van der Waals surface area contributed by atoms with Gasteiger partial charge in [-0.15, -0.1) is 0 Å². The summed E-state index contributed by atoms with van der Waals surface area (Å²) >= 11 is 0. The van der Waals surface area contributed by atoms with Gasteiger partial charge in [-0.25, -0.2) is 4.98 Å². The average Bonchev–Trinajstić information content (AvgIpc) is 3.11. The number of aliphatic hydroxyl groups is 1. The lowest BCUT2D eigenvalue weighted by Crippen LogP contribution is -2.45. The van der Waals surface area contributed by atoms with E-state index in [-0.39, 0.29) is 23.7 Å². The molecule has 2 aliphatic heterocycles. The third kappa shape index (κ3) is 1.83. The smallest absolute Gasteiger partial charge is 0.105 e. The van der Waals surface area contributed by atoms with Crippen molar-refractivity contribution >= 4 is 0 Å². The molecule has 3 N–H and O–H groups in total. The number of nitrogens with zero attached hydrogens (tertiary/aromatic N) is 2. The lowest BCUT2D eigenvalue weighted by molar-refractivity contribution is -0.0305. The zero-order valence-electron chi connectivity index (χ0n) is 11.6. The summed E-state index contributed by atoms with van der Waals surface area (Å²) in [5.74, 6) is 0. The molecule has 5 heteroatoms. The van der Waals surface area contributed by atoms with Gasteiger partial charge in [0, 0.05) is 18.0 Å². The van der Waals surface area contributed by atoms with E-state index in [1.54, 1.807) is 12.5 Å². The number of aromatic nitrogens is 2. The summed E-state index contributed by atoms with van der Waals surface area (Å²) in [6.07, 6.45) is 6.27. The molecule has 0 radical (unpaired) electrons. The predicted molar refractivity (Wildman–Crippen MR) is 71.6 cm³/mol. The van der Waals surface area contributed by atoms with Gasteiger partial charge in [0.15, 0.2) is 0 Å². The molecule has 4 atom stereocenters. The van der Waals surface area contributed by atoms with Crippen LogP contribution in [0.1, 0.15) is 50.9 Å². The van der Waals surface area contributed by atoms with Crippen molar-refractivity contribution in [2.45, 2.75) is 57.5 Å². The Morgan fingerprint density at radius 2 is 2.37 bits per heavy atom. The molecule has 0 amide bonds. The predicted octanol–water partition coefficient (Wildman–Crippen LogP) is 1.39. The Hall–Kier alpha value is -0.910. The van der Waals surface area contributed by atoms with Crippen LogP contribution >= 0.6 is 0 Å². The second-order valence-corrected chi connectivity index (χ2v) is 6.19. The van der Waals surface area contributed by atoms with Gasteiger partial charge in [-0.05, 0) is 33.1 Å². The van der Waals surface area contributed by atoms with Crippen molar-refractivity contribution in [2.24, 2.45) is 11.1 Å². The van der Waals surface area contributed by atoms with E-state index in [2.05, 4.69) is 18.8 Å². The lowest BCUT2D eigenvalue weighted by atomic mass is 9.69. The Balaban J connectivity index is 1.94. The molecule has 3 rings (SSSR count). The summed E-state index contributed by atoms with van der Waals surface area (Å²) in [5.41, 5.74) is 6.54. The van der Waals surface area contributed by atoms with Gasteiger partial charge < -0.3 is 20.1 Å². The van der Waals surface area contributed by atoms with Crippen LogP contribution in [0.5, 0.6) is 0 Å². The summed E-state index contributed by atoms with van der Waals surface area (Å²) in [6.45, 7) is 4.63. The Bertz CT molecular complexity index is 459. The number of hydrogen-bond acceptors (Lipinski definition) is 4. The number of hydrogen-bond donors (Lipinski definition) is 2. The standard InChI is InChI=1S/C14H23N3O2/c1-9(2)17-8-16-6-11(17)13(18)14(7-15)5-10-3-4-12(14)19-10/h6,8-10,12-13,18H,3-5,7,15H2,1-2H3. The molecule has 0 aliphatic carbocycles. The van der Waals surface area contributed by atoms with Crippen LogP contribution in [0, 0.1) is 5.41 Å². The monoisotopic (exact) mass is 265 g/mol. The van der Waals surface area contributed by atoms with E-state index < -0.39 is 6.10 Å². The van der Waals surface area contributed by atoms with Crippen molar-refractivity contribution in [1.82, 2.24) is 9.55 Å². The first-order chi connectivity index (χ1) is 9.08. The minimum Gasteiger partial charge on any atom is -0.386 e. The normalized spacial score (nSPS) is 35.2. The minimum atomic E-state index is -0.599. The van der Waals surface area contributed by atoms with Gasteiger partial charge in [-0.3, -0.25) is 0 Å². The first kappa shape index (κ1) is 13.1. The molecule has 2 bridgehead atoms. The molecule has 0 saturated carbocycles. The van der Waals surface area contributed by atoms with Crippen LogP contribution < -0.4 is 5.73 Å². The molecule has 2 aliphatic rings. The molecule has 1 aromatic rings. The second-order valence-electron chi connectivity index (χ2n) is 6.19. The number of imidazole rings is 1. The number of ether oxygens (including phenoxy) is 1. The van der Waals surface area contributed by atoms with E-state index in [1.807, 2.05) is 4.57 Å². The zero-order chi connectivity index (χ0) is 13.6. The van der Waals surface area contributed by atoms with Crippen molar-refractivity contribution in [2.75, 3.05) is 6.54 Å². The Morgan fingerprint density at radius 1 is 1.58 bits per heavy atom. The lowest BCUT2D eigenvalue weighted by Gasteiger charge is -2.38. The summed E-state index contributed by atoms with van der Waals surface area (Å²) in [6, 6.07) is 0.279. The highest BCUT2D eigenvalue weighted by molar-refractivity contribution is 5.15. The Kier molecular flexibility index (Phi) is 3.15. The van der Waals surface area contributed by atoms with E-state index in [0.29, 0.717) is 6.54 Å². The number of nitrogens with two attached hydrogens (primary N) is 1. The van der Waals surface area contributed by atoms with Crippen LogP contribution in [-0.4, -0.2) is 33.4 Å². The number of aliphatic hydroxyl groups excluding tert-OH is 1. The molecular formula is C14H23N3O2. The molecule has 2 fully saturated rings. The van der Waals surface area contributed by atoms with Gasteiger partial charge in [0.05, 0.1) is 30.4 Å². The fourth-order valence-electron chi connectivity index (χ4n) is 3.70. The highest BCUT2D eigenvalue weighted by atomic mass is 16.5. The maximum absolute atomic E-state index is 10.9. The number of rotatable bonds is 4. The quantitative estimate of drug-likeness (QED) is 0.863. The average molecular weight is 265 g/mol. The van der Waals surface area contributed by atoms with E-state index in [9.17, 15) is 5.11 Å². The molecular weight excluding hydrogens is 242 g/mol. The molecule has 4 unspecified atom stereocenters. The van der Waals surface area contributed by atoms with Crippen LogP contribution in [0.15, 0.2) is 12.5 Å². The van der Waals surface area contributed by atoms with Crippen molar-refractivity contribution in [3.63, 3.8) is 0 Å². The van der Waals surface area contributed by atoms with Crippen molar-refractivity contribution in [3.8, 4) is 0 Å². The van der Waals surface area contributed by atoms with Crippen LogP contribution in [0.2, 0.25) is 0 Å². The molecule has 106 valence electrons. The van der Waals surface area contributed by atoms with Crippen molar-refractivity contribution < 1.29 is 9.84 Å². The maximum atomic E-state index is 10.9. The third-order valence-electron chi connectivity index (χ3n) is 4.81. The van der Waals surface area contributed by atoms with Gasteiger partial charge in [-0.2, -0.15) is 0 Å². The van der Waals surface area contributed by atoms with Crippen LogP contribution in [0.4, 0.5) is 0 Å². The second kappa shape index (κ2) is 4.58. The first-order valence-electron chi connectivity index (χ1n) is 7.14. The molecule has 3 heterocycles. The largest absolute Gasteiger partial charge is 0.386 e. The highest BCUT2D eigenvalue weighted by Crippen LogP contribution is 2.53. The molecule has 0 spiro atoms. The Morgan fingerprint density at radius 3 is 2.89 bits per heavy atom. The fraction of sp³-hybridized carbons (Fsp3) is 0.786. The van der Waals surface area contributed by atoms with Crippen LogP contribution in [0.25, 0.3) is 0 Å². The molecule has 2 saturated heterocycles. The molecule has 0 aromatic carbocycles. The topological polar surface area (TPSA) is 73.3 Å². The molecule has 5 nitrogen and oxygen atoms in total. The van der Waals surface area contributed by atoms with Crippen LogP contribution in [-0.2, 0) is 4.74 Å². The summed E-state index contributed by atoms with van der Waals surface area (Å²) < 4.78 is 7.95. The van der Waals surface area contributed by atoms with E-state index >= 15 is 0 Å². The Labute approximate surface area is 113 Å². The summed E-state index contributed by atoms with van der Waals surface area (Å²) in [4.78, 5) is 4.18. The van der Waals surface area contributed by atoms with E-state index in [4.69, 9.17) is 10.5 Å². The SMILES string of the molecule is CC(C)n1cncc1C(O)C1(CN)CC2CCC1O2. The minimum absolute atomic E-state index is 0.0908. The maximum Gasteiger partial charge on any atom is 0.105 e. The van der Waals surface area contributed by atoms with Gasteiger partial charge in [-0.1, -0.05) is 0 Å². The van der Waals surface area contributed by atoms with Crippen molar-refractivity contribution in [1.29, 1.82) is 0 Å². The van der Waals surface area contributed by atoms with Gasteiger partial charge in [0.1, 0.15) is 6.10 Å². The highest BCUT2D eigenvalue weighted by Gasteiger charge is 2.56.